The van der Waals surface area contributed by atoms with Crippen molar-refractivity contribution in [2.24, 2.45) is 0 Å². The van der Waals surface area contributed by atoms with Crippen molar-refractivity contribution in [1.82, 2.24) is 14.2 Å². The summed E-state index contributed by atoms with van der Waals surface area (Å²) in [5.74, 6) is -0.917. The molecule has 40 heavy (non-hydrogen) atoms. The molecule has 210 valence electrons. The lowest BCUT2D eigenvalue weighted by Crippen LogP contribution is -2.48. The van der Waals surface area contributed by atoms with Crippen molar-refractivity contribution in [3.63, 3.8) is 0 Å². The van der Waals surface area contributed by atoms with Crippen LogP contribution in [0.2, 0.25) is 0 Å². The summed E-state index contributed by atoms with van der Waals surface area (Å²) in [6.45, 7) is 3.44. The van der Waals surface area contributed by atoms with Gasteiger partial charge < -0.3 is 14.4 Å². The number of carbonyl (C=O) groups is 1. The van der Waals surface area contributed by atoms with E-state index in [4.69, 9.17) is 9.47 Å². The number of allylic oxidation sites excluding steroid dienone is 1. The minimum atomic E-state index is -3.17. The van der Waals surface area contributed by atoms with Gasteiger partial charge in [0.15, 0.2) is 5.78 Å². The molecule has 5 rings (SSSR count). The number of hydrogen-bond acceptors (Lipinski definition) is 7. The SMILES string of the molecule is COc1ccc(C2=C(c3ccc(F)cc3F)c3ccc(OCCCN4CCN(S(C)(=O)=O)CC4)cc3C2=O)cn1. The molecule has 2 aliphatic rings. The molecule has 2 heterocycles. The van der Waals surface area contributed by atoms with Crippen LogP contribution in [0, 0.1) is 11.6 Å². The Morgan fingerprint density at radius 3 is 2.33 bits per heavy atom. The highest BCUT2D eigenvalue weighted by Crippen LogP contribution is 2.44. The molecule has 0 radical (unpaired) electrons. The number of ether oxygens (including phenoxy) is 2. The summed E-state index contributed by atoms with van der Waals surface area (Å²) in [6, 6.07) is 11.7. The molecule has 0 amide bonds. The lowest BCUT2D eigenvalue weighted by molar-refractivity contribution is 0.105. The molecule has 1 fully saturated rings. The highest BCUT2D eigenvalue weighted by Gasteiger charge is 2.33. The van der Waals surface area contributed by atoms with E-state index in [2.05, 4.69) is 9.88 Å². The first-order valence-corrected chi connectivity index (χ1v) is 14.7. The molecular weight excluding hydrogens is 540 g/mol. The molecule has 0 saturated carbocycles. The van der Waals surface area contributed by atoms with Gasteiger partial charge in [0, 0.05) is 78.9 Å². The number of fused-ring (bicyclic) bond motifs is 1. The largest absolute Gasteiger partial charge is 0.494 e. The van der Waals surface area contributed by atoms with Crippen LogP contribution in [0.25, 0.3) is 11.1 Å². The van der Waals surface area contributed by atoms with Crippen molar-refractivity contribution in [3.05, 3.63) is 88.6 Å². The van der Waals surface area contributed by atoms with Gasteiger partial charge in [0.05, 0.1) is 20.0 Å². The first-order chi connectivity index (χ1) is 19.2. The van der Waals surface area contributed by atoms with E-state index >= 15 is 0 Å². The van der Waals surface area contributed by atoms with Gasteiger partial charge in [-0.2, -0.15) is 4.31 Å². The zero-order valence-corrected chi connectivity index (χ0v) is 23.0. The number of methoxy groups -OCH3 is 1. The van der Waals surface area contributed by atoms with Crippen LogP contribution in [0.5, 0.6) is 11.6 Å². The highest BCUT2D eigenvalue weighted by atomic mass is 32.2. The Morgan fingerprint density at radius 1 is 0.925 bits per heavy atom. The Labute approximate surface area is 231 Å². The van der Waals surface area contributed by atoms with Crippen LogP contribution < -0.4 is 9.47 Å². The lowest BCUT2D eigenvalue weighted by atomic mass is 9.94. The van der Waals surface area contributed by atoms with E-state index in [-0.39, 0.29) is 16.9 Å². The molecule has 8 nitrogen and oxygen atoms in total. The summed E-state index contributed by atoms with van der Waals surface area (Å²) in [6.07, 6.45) is 3.44. The number of piperazine rings is 1. The fourth-order valence-electron chi connectivity index (χ4n) is 5.06. The third-order valence-corrected chi connectivity index (χ3v) is 8.41. The predicted octanol–water partition coefficient (Wildman–Crippen LogP) is 3.87. The average Bonchev–Trinajstić information content (AvgIpc) is 3.22. The van der Waals surface area contributed by atoms with E-state index < -0.39 is 21.7 Å². The van der Waals surface area contributed by atoms with Crippen LogP contribution in [-0.4, -0.2) is 81.1 Å². The fourth-order valence-corrected chi connectivity index (χ4v) is 5.89. The van der Waals surface area contributed by atoms with Crippen LogP contribution >= 0.6 is 0 Å². The topological polar surface area (TPSA) is 89.0 Å². The number of rotatable bonds is 9. The number of pyridine rings is 1. The number of Topliss-reactive ketones (excluding diaryl/α,β-unsaturated/α-hetero) is 1. The van der Waals surface area contributed by atoms with Crippen LogP contribution in [0.15, 0.2) is 54.7 Å². The monoisotopic (exact) mass is 569 g/mol. The second kappa shape index (κ2) is 11.4. The van der Waals surface area contributed by atoms with E-state index in [0.29, 0.717) is 66.7 Å². The molecule has 1 aromatic heterocycles. The number of aromatic nitrogens is 1. The first-order valence-electron chi connectivity index (χ1n) is 12.8. The number of benzene rings is 2. The highest BCUT2D eigenvalue weighted by molar-refractivity contribution is 7.88. The maximum Gasteiger partial charge on any atom is 0.212 e. The Bertz CT molecular complexity index is 1570. The van der Waals surface area contributed by atoms with Crippen LogP contribution in [0.1, 0.15) is 33.5 Å². The molecule has 1 aliphatic carbocycles. The Hall–Kier alpha value is -3.67. The molecule has 11 heteroatoms. The molecule has 0 bridgehead atoms. The van der Waals surface area contributed by atoms with Gasteiger partial charge in [0.25, 0.3) is 0 Å². The molecule has 0 N–H and O–H groups in total. The quantitative estimate of drug-likeness (QED) is 0.362. The average molecular weight is 570 g/mol. The summed E-state index contributed by atoms with van der Waals surface area (Å²) in [5.41, 5.74) is 2.12. The zero-order valence-electron chi connectivity index (χ0n) is 22.2. The summed E-state index contributed by atoms with van der Waals surface area (Å²) < 4.78 is 64.6. The van der Waals surface area contributed by atoms with Crippen molar-refractivity contribution in [2.45, 2.75) is 6.42 Å². The van der Waals surface area contributed by atoms with Gasteiger partial charge >= 0.3 is 0 Å². The van der Waals surface area contributed by atoms with Gasteiger partial charge in [0.1, 0.15) is 17.4 Å². The number of hydrogen-bond donors (Lipinski definition) is 0. The van der Waals surface area contributed by atoms with Gasteiger partial charge in [0.2, 0.25) is 15.9 Å². The van der Waals surface area contributed by atoms with E-state index in [0.717, 1.165) is 25.1 Å². The second-order valence-electron chi connectivity index (χ2n) is 9.71. The Kier molecular flexibility index (Phi) is 7.97. The number of nitrogens with zero attached hydrogens (tertiary/aromatic N) is 3. The predicted molar refractivity (Wildman–Crippen MR) is 147 cm³/mol. The molecule has 0 unspecified atom stereocenters. The van der Waals surface area contributed by atoms with Crippen LogP contribution in [0.4, 0.5) is 8.78 Å². The standard InChI is InChI=1S/C29H29F2N3O5S/c1-38-26-9-4-19(18-32-26)27-28(23-7-5-20(30)16-25(23)31)22-8-6-21(17-24(22)29(27)35)39-15-3-10-33-11-13-34(14-12-33)40(2,36)37/h4-9,16-18H,3,10-15H2,1-2H3. The lowest BCUT2D eigenvalue weighted by Gasteiger charge is -2.33. The van der Waals surface area contributed by atoms with Crippen molar-refractivity contribution < 1.29 is 31.5 Å². The summed E-state index contributed by atoms with van der Waals surface area (Å²) >= 11 is 0. The summed E-state index contributed by atoms with van der Waals surface area (Å²) in [4.78, 5) is 20.1. The molecule has 1 saturated heterocycles. The number of carbonyl (C=O) groups excluding carboxylic acids is 1. The van der Waals surface area contributed by atoms with E-state index in [1.165, 1.54) is 29.9 Å². The molecule has 1 aliphatic heterocycles. The normalized spacial score (nSPS) is 16.4. The first kappa shape index (κ1) is 27.9. The minimum Gasteiger partial charge on any atom is -0.494 e. The summed E-state index contributed by atoms with van der Waals surface area (Å²) in [7, 11) is -1.68. The van der Waals surface area contributed by atoms with Crippen molar-refractivity contribution in [2.75, 3.05) is 52.7 Å². The molecule has 2 aromatic carbocycles. The molecule has 3 aromatic rings. The Morgan fingerprint density at radius 2 is 1.68 bits per heavy atom. The molecule has 0 atom stereocenters. The third-order valence-electron chi connectivity index (χ3n) is 7.10. The maximum absolute atomic E-state index is 15.0. The number of sulfonamides is 1. The third kappa shape index (κ3) is 5.77. The van der Waals surface area contributed by atoms with E-state index in [1.54, 1.807) is 30.3 Å². The van der Waals surface area contributed by atoms with Gasteiger partial charge in [-0.3, -0.25) is 4.79 Å². The molecular formula is C29H29F2N3O5S. The number of halogens is 2. The Balaban J connectivity index is 1.33. The van der Waals surface area contributed by atoms with Gasteiger partial charge in [-0.1, -0.05) is 0 Å². The van der Waals surface area contributed by atoms with Gasteiger partial charge in [-0.05, 0) is 48.4 Å². The minimum absolute atomic E-state index is 0.115. The smallest absolute Gasteiger partial charge is 0.212 e. The van der Waals surface area contributed by atoms with Crippen molar-refractivity contribution in [1.29, 1.82) is 0 Å². The van der Waals surface area contributed by atoms with Gasteiger partial charge in [-0.25, -0.2) is 22.2 Å². The fraction of sp³-hybridized carbons (Fsp3) is 0.310. The second-order valence-corrected chi connectivity index (χ2v) is 11.7. The van der Waals surface area contributed by atoms with Gasteiger partial charge in [-0.15, -0.1) is 0 Å². The molecule has 0 spiro atoms. The summed E-state index contributed by atoms with van der Waals surface area (Å²) in [5, 5.41) is 0. The van der Waals surface area contributed by atoms with Crippen LogP contribution in [0.3, 0.4) is 0 Å². The van der Waals surface area contributed by atoms with E-state index in [1.807, 2.05) is 0 Å². The number of ketones is 1. The maximum atomic E-state index is 15.0. The van der Waals surface area contributed by atoms with Crippen molar-refractivity contribution >= 4 is 27.0 Å². The van der Waals surface area contributed by atoms with E-state index in [9.17, 15) is 22.0 Å². The van der Waals surface area contributed by atoms with Crippen molar-refractivity contribution in [3.8, 4) is 11.6 Å². The zero-order chi connectivity index (χ0) is 28.4. The van der Waals surface area contributed by atoms with Crippen LogP contribution in [-0.2, 0) is 10.0 Å².